The predicted molar refractivity (Wildman–Crippen MR) is 77.7 cm³/mol. The molecule has 0 radical (unpaired) electrons. The van der Waals surface area contributed by atoms with E-state index in [-0.39, 0.29) is 5.92 Å². The van der Waals surface area contributed by atoms with Crippen molar-refractivity contribution in [1.82, 2.24) is 9.97 Å². The van der Waals surface area contributed by atoms with Gasteiger partial charge >= 0.3 is 0 Å². The Bertz CT molecular complexity index is 642. The normalized spacial score (nSPS) is 16.6. The summed E-state index contributed by atoms with van der Waals surface area (Å²) in [4.78, 5) is 9.22. The summed E-state index contributed by atoms with van der Waals surface area (Å²) in [5.41, 5.74) is 5.85. The van der Waals surface area contributed by atoms with Gasteiger partial charge in [0.25, 0.3) is 0 Å². The van der Waals surface area contributed by atoms with Gasteiger partial charge in [-0.2, -0.15) is 0 Å². The number of anilines is 1. The lowest BCUT2D eigenvalue weighted by Gasteiger charge is -2.14. The molecular formula is C15H18N4O. The molecule has 1 unspecified atom stereocenters. The lowest BCUT2D eigenvalue weighted by molar-refractivity contribution is 0.339. The molecule has 1 atom stereocenters. The van der Waals surface area contributed by atoms with Crippen LogP contribution in [0.2, 0.25) is 0 Å². The van der Waals surface area contributed by atoms with Crippen LogP contribution in [0, 0.1) is 6.92 Å². The Hall–Kier alpha value is -2.14. The first kappa shape index (κ1) is 12.9. The fraction of sp³-hybridized carbons (Fsp3) is 0.333. The van der Waals surface area contributed by atoms with Crippen LogP contribution < -0.4 is 16.0 Å². The molecular weight excluding hydrogens is 252 g/mol. The number of nitrogens with zero attached hydrogens (tertiary/aromatic N) is 2. The third kappa shape index (κ3) is 2.00. The maximum absolute atomic E-state index is 5.70. The number of hydrazine groups is 1. The van der Waals surface area contributed by atoms with Gasteiger partial charge in [0.15, 0.2) is 0 Å². The van der Waals surface area contributed by atoms with Gasteiger partial charge in [-0.1, -0.05) is 25.1 Å². The summed E-state index contributed by atoms with van der Waals surface area (Å²) in [6.45, 7) is 4.64. The first-order valence-corrected chi connectivity index (χ1v) is 6.80. The van der Waals surface area contributed by atoms with Crippen LogP contribution in [0.15, 0.2) is 24.3 Å². The third-order valence-electron chi connectivity index (χ3n) is 3.73. The number of nitrogens with two attached hydrogens (primary N) is 1. The number of fused-ring (bicyclic) bond motifs is 1. The van der Waals surface area contributed by atoms with E-state index < -0.39 is 0 Å². The predicted octanol–water partition coefficient (Wildman–Crippen LogP) is 2.16. The van der Waals surface area contributed by atoms with Gasteiger partial charge in [-0.25, -0.2) is 15.8 Å². The molecule has 104 valence electrons. The third-order valence-corrected chi connectivity index (χ3v) is 3.73. The molecule has 0 saturated carbocycles. The summed E-state index contributed by atoms with van der Waals surface area (Å²) in [5.74, 6) is 8.04. The first-order chi connectivity index (χ1) is 9.74. The summed E-state index contributed by atoms with van der Waals surface area (Å²) < 4.78 is 5.70. The summed E-state index contributed by atoms with van der Waals surface area (Å²) in [6, 6.07) is 8.02. The number of hydrogen-bond acceptors (Lipinski definition) is 5. The highest BCUT2D eigenvalue weighted by molar-refractivity contribution is 5.48. The Morgan fingerprint density at radius 3 is 2.90 bits per heavy atom. The minimum absolute atomic E-state index is 0.0721. The molecule has 0 fully saturated rings. The number of ether oxygens (including phenoxy) is 1. The van der Waals surface area contributed by atoms with Crippen LogP contribution in [-0.4, -0.2) is 16.6 Å². The molecule has 5 heteroatoms. The van der Waals surface area contributed by atoms with Crippen molar-refractivity contribution in [2.24, 2.45) is 5.84 Å². The highest BCUT2D eigenvalue weighted by atomic mass is 16.5. The number of aryl methyl sites for hydroxylation is 1. The Labute approximate surface area is 118 Å². The van der Waals surface area contributed by atoms with E-state index in [0.717, 1.165) is 34.8 Å². The molecule has 2 aromatic rings. The molecule has 0 spiro atoms. The van der Waals surface area contributed by atoms with Crippen molar-refractivity contribution >= 4 is 5.82 Å². The quantitative estimate of drug-likeness (QED) is 0.660. The average molecular weight is 270 g/mol. The van der Waals surface area contributed by atoms with Crippen molar-refractivity contribution in [3.8, 4) is 5.75 Å². The van der Waals surface area contributed by atoms with E-state index >= 15 is 0 Å². The second kappa shape index (κ2) is 5.09. The van der Waals surface area contributed by atoms with Gasteiger partial charge < -0.3 is 10.2 Å². The molecule has 0 aliphatic carbocycles. The molecule has 1 aliphatic heterocycles. The molecule has 1 aromatic heterocycles. The minimum Gasteiger partial charge on any atom is -0.492 e. The average Bonchev–Trinajstić information content (AvgIpc) is 2.90. The first-order valence-electron chi connectivity index (χ1n) is 6.80. The van der Waals surface area contributed by atoms with E-state index in [4.69, 9.17) is 10.6 Å². The summed E-state index contributed by atoms with van der Waals surface area (Å²) in [6.07, 6.45) is 0.851. The minimum atomic E-state index is 0.0721. The highest BCUT2D eigenvalue weighted by Gasteiger charge is 2.28. The zero-order chi connectivity index (χ0) is 14.1. The summed E-state index contributed by atoms with van der Waals surface area (Å²) >= 11 is 0. The number of nitrogen functional groups attached to an aromatic ring is 1. The molecule has 1 aromatic carbocycles. The lowest BCUT2D eigenvalue weighted by atomic mass is 10.00. The van der Waals surface area contributed by atoms with Crippen LogP contribution >= 0.6 is 0 Å². The largest absolute Gasteiger partial charge is 0.492 e. The fourth-order valence-corrected chi connectivity index (χ4v) is 2.69. The second-order valence-corrected chi connectivity index (χ2v) is 4.89. The van der Waals surface area contributed by atoms with Crippen LogP contribution in [0.1, 0.15) is 35.5 Å². The molecule has 0 saturated heterocycles. The van der Waals surface area contributed by atoms with Crippen LogP contribution in [0.4, 0.5) is 5.82 Å². The molecule has 0 amide bonds. The molecule has 3 rings (SSSR count). The van der Waals surface area contributed by atoms with E-state index in [2.05, 4.69) is 28.4 Å². The number of nitrogens with one attached hydrogen (secondary N) is 1. The standard InChI is InChI=1S/C15H18N4O/c1-3-10-9(2)17-14(18-15(10)19-16)12-8-20-13-7-5-4-6-11(12)13/h4-7,12H,3,8,16H2,1-2H3,(H,17,18,19). The maximum Gasteiger partial charge on any atom is 0.147 e. The van der Waals surface area contributed by atoms with Gasteiger partial charge in [0.1, 0.15) is 24.0 Å². The van der Waals surface area contributed by atoms with Crippen LogP contribution in [-0.2, 0) is 6.42 Å². The van der Waals surface area contributed by atoms with E-state index in [1.54, 1.807) is 0 Å². The van der Waals surface area contributed by atoms with E-state index in [1.807, 2.05) is 25.1 Å². The molecule has 1 aliphatic rings. The Balaban J connectivity index is 2.06. The van der Waals surface area contributed by atoms with E-state index in [9.17, 15) is 0 Å². The van der Waals surface area contributed by atoms with Crippen LogP contribution in [0.5, 0.6) is 5.75 Å². The fourth-order valence-electron chi connectivity index (χ4n) is 2.69. The molecule has 2 heterocycles. The van der Waals surface area contributed by atoms with Crippen molar-refractivity contribution in [2.45, 2.75) is 26.2 Å². The van der Waals surface area contributed by atoms with Crippen molar-refractivity contribution in [1.29, 1.82) is 0 Å². The zero-order valence-corrected chi connectivity index (χ0v) is 11.7. The smallest absolute Gasteiger partial charge is 0.147 e. The molecule has 20 heavy (non-hydrogen) atoms. The van der Waals surface area contributed by atoms with Crippen molar-refractivity contribution in [3.05, 3.63) is 46.9 Å². The zero-order valence-electron chi connectivity index (χ0n) is 11.7. The highest BCUT2D eigenvalue weighted by Crippen LogP contribution is 2.37. The van der Waals surface area contributed by atoms with Gasteiger partial charge in [0, 0.05) is 16.8 Å². The Kier molecular flexibility index (Phi) is 3.28. The maximum atomic E-state index is 5.70. The molecule has 0 bridgehead atoms. The van der Waals surface area contributed by atoms with Crippen molar-refractivity contribution in [2.75, 3.05) is 12.0 Å². The lowest BCUT2D eigenvalue weighted by Crippen LogP contribution is -2.17. The van der Waals surface area contributed by atoms with Gasteiger partial charge in [0.05, 0.1) is 5.92 Å². The van der Waals surface area contributed by atoms with Crippen molar-refractivity contribution < 1.29 is 4.74 Å². The number of para-hydroxylation sites is 1. The monoisotopic (exact) mass is 270 g/mol. The summed E-state index contributed by atoms with van der Waals surface area (Å²) in [5, 5.41) is 0. The van der Waals surface area contributed by atoms with E-state index in [1.165, 1.54) is 0 Å². The van der Waals surface area contributed by atoms with Gasteiger partial charge in [-0.15, -0.1) is 0 Å². The van der Waals surface area contributed by atoms with E-state index in [0.29, 0.717) is 12.4 Å². The van der Waals surface area contributed by atoms with Crippen LogP contribution in [0.3, 0.4) is 0 Å². The SMILES string of the molecule is CCc1c(C)nc(C2COc3ccccc32)nc1NN. The Morgan fingerprint density at radius 1 is 1.35 bits per heavy atom. The number of hydrogen-bond donors (Lipinski definition) is 2. The molecule has 3 N–H and O–H groups in total. The van der Waals surface area contributed by atoms with Gasteiger partial charge in [-0.3, -0.25) is 0 Å². The van der Waals surface area contributed by atoms with Crippen molar-refractivity contribution in [3.63, 3.8) is 0 Å². The van der Waals surface area contributed by atoms with Gasteiger partial charge in [0.2, 0.25) is 0 Å². The number of rotatable bonds is 3. The van der Waals surface area contributed by atoms with Crippen LogP contribution in [0.25, 0.3) is 0 Å². The number of aromatic nitrogens is 2. The molecule has 5 nitrogen and oxygen atoms in total. The Morgan fingerprint density at radius 2 is 2.15 bits per heavy atom. The topological polar surface area (TPSA) is 73.1 Å². The van der Waals surface area contributed by atoms with Gasteiger partial charge in [-0.05, 0) is 19.4 Å². The second-order valence-electron chi connectivity index (χ2n) is 4.89. The summed E-state index contributed by atoms with van der Waals surface area (Å²) in [7, 11) is 0. The number of benzene rings is 1.